The van der Waals surface area contributed by atoms with Gasteiger partial charge in [-0.2, -0.15) is 0 Å². The Bertz CT molecular complexity index is 1150. The summed E-state index contributed by atoms with van der Waals surface area (Å²) in [5.41, 5.74) is 1.67. The molecular formula is C21H25N4O3S+. The Morgan fingerprint density at radius 1 is 1.24 bits per heavy atom. The second-order valence-electron chi connectivity index (χ2n) is 7.11. The van der Waals surface area contributed by atoms with Crippen molar-refractivity contribution in [3.63, 3.8) is 0 Å². The van der Waals surface area contributed by atoms with Crippen molar-refractivity contribution in [2.75, 3.05) is 34.3 Å². The number of ether oxygens (including phenoxy) is 1. The van der Waals surface area contributed by atoms with Gasteiger partial charge in [-0.15, -0.1) is 0 Å². The van der Waals surface area contributed by atoms with E-state index in [1.807, 2.05) is 38.4 Å². The van der Waals surface area contributed by atoms with Gasteiger partial charge in [-0.05, 0) is 36.5 Å². The topological polar surface area (TPSA) is 80.6 Å². The third kappa shape index (κ3) is 4.72. The normalized spacial score (nSPS) is 11.0. The lowest BCUT2D eigenvalue weighted by atomic mass is 10.1. The van der Waals surface area contributed by atoms with Gasteiger partial charge >= 0.3 is 0 Å². The van der Waals surface area contributed by atoms with E-state index in [9.17, 15) is 9.59 Å². The van der Waals surface area contributed by atoms with Crippen LogP contribution in [0, 0.1) is 4.77 Å². The molecule has 0 radical (unpaired) electrons. The number of para-hydroxylation sites is 1. The molecule has 0 spiro atoms. The highest BCUT2D eigenvalue weighted by atomic mass is 32.1. The standard InChI is InChI=1S/C21H24N4O3S/c1-24(2)11-10-22-19(26)14-8-9-16-17(12-14)23-21(29)25(20(16)27)13-15-6-4-5-7-18(15)28-3/h4-9,12H,10-11,13H2,1-3H3,(H,22,26)(H,23,29)/p+1. The molecule has 3 rings (SSSR count). The van der Waals surface area contributed by atoms with Crippen LogP contribution in [0.1, 0.15) is 15.9 Å². The maximum atomic E-state index is 13.0. The SMILES string of the molecule is COc1ccccc1Cn1c(=S)[nH]c2cc(C(=O)NCC[NH+](C)C)ccc2c1=O. The van der Waals surface area contributed by atoms with Crippen molar-refractivity contribution in [2.45, 2.75) is 6.54 Å². The van der Waals surface area contributed by atoms with Crippen LogP contribution in [0.25, 0.3) is 10.9 Å². The van der Waals surface area contributed by atoms with E-state index >= 15 is 0 Å². The minimum Gasteiger partial charge on any atom is -0.496 e. The van der Waals surface area contributed by atoms with Crippen molar-refractivity contribution in [1.82, 2.24) is 14.9 Å². The molecule has 0 bridgehead atoms. The van der Waals surface area contributed by atoms with Crippen LogP contribution >= 0.6 is 12.2 Å². The van der Waals surface area contributed by atoms with Crippen molar-refractivity contribution in [3.8, 4) is 5.75 Å². The van der Waals surface area contributed by atoms with Crippen molar-refractivity contribution in [3.05, 3.63) is 68.7 Å². The molecule has 29 heavy (non-hydrogen) atoms. The molecule has 7 nitrogen and oxygen atoms in total. The number of rotatable bonds is 7. The molecule has 8 heteroatoms. The first kappa shape index (κ1) is 20.8. The van der Waals surface area contributed by atoms with Crippen LogP contribution in [0.3, 0.4) is 0 Å². The third-order valence-corrected chi connectivity index (χ3v) is 5.00. The van der Waals surface area contributed by atoms with E-state index in [1.165, 1.54) is 9.47 Å². The summed E-state index contributed by atoms with van der Waals surface area (Å²) in [6.07, 6.45) is 0. The summed E-state index contributed by atoms with van der Waals surface area (Å²) in [5.74, 6) is 0.520. The van der Waals surface area contributed by atoms with Crippen LogP contribution in [0.4, 0.5) is 0 Å². The van der Waals surface area contributed by atoms with Crippen molar-refractivity contribution < 1.29 is 14.4 Å². The molecule has 1 heterocycles. The summed E-state index contributed by atoms with van der Waals surface area (Å²) in [5, 5.41) is 3.36. The predicted molar refractivity (Wildman–Crippen MR) is 115 cm³/mol. The molecule has 152 valence electrons. The first-order valence-corrected chi connectivity index (χ1v) is 9.77. The smallest absolute Gasteiger partial charge is 0.262 e. The highest BCUT2D eigenvalue weighted by Gasteiger charge is 2.12. The molecule has 3 aromatic rings. The van der Waals surface area contributed by atoms with Crippen LogP contribution in [0.15, 0.2) is 47.3 Å². The zero-order valence-corrected chi connectivity index (χ0v) is 17.6. The number of hydrogen-bond acceptors (Lipinski definition) is 4. The number of benzene rings is 2. The Kier molecular flexibility index (Phi) is 6.46. The quantitative estimate of drug-likeness (QED) is 0.505. The number of carbonyl (C=O) groups is 1. The lowest BCUT2D eigenvalue weighted by molar-refractivity contribution is -0.856. The number of likely N-dealkylation sites (N-methyl/N-ethyl adjacent to an activating group) is 1. The Balaban J connectivity index is 1.93. The first-order chi connectivity index (χ1) is 13.9. The molecule has 0 unspecified atom stereocenters. The highest BCUT2D eigenvalue weighted by Crippen LogP contribution is 2.18. The number of nitrogens with zero attached hydrogens (tertiary/aromatic N) is 1. The minimum atomic E-state index is -0.210. The number of methoxy groups -OCH3 is 1. The van der Waals surface area contributed by atoms with Gasteiger partial charge in [0.2, 0.25) is 0 Å². The van der Waals surface area contributed by atoms with Crippen molar-refractivity contribution in [1.29, 1.82) is 0 Å². The zero-order chi connectivity index (χ0) is 21.0. The fourth-order valence-electron chi connectivity index (χ4n) is 3.07. The number of fused-ring (bicyclic) bond motifs is 1. The molecule has 0 atom stereocenters. The van der Waals surface area contributed by atoms with Gasteiger partial charge in [-0.25, -0.2) is 0 Å². The summed E-state index contributed by atoms with van der Waals surface area (Å²) in [6.45, 7) is 1.70. The van der Waals surface area contributed by atoms with Crippen LogP contribution in [0.5, 0.6) is 5.75 Å². The second-order valence-corrected chi connectivity index (χ2v) is 7.49. The first-order valence-electron chi connectivity index (χ1n) is 9.36. The number of aromatic nitrogens is 2. The number of quaternary nitrogens is 1. The van der Waals surface area contributed by atoms with Gasteiger partial charge in [0.25, 0.3) is 11.5 Å². The van der Waals surface area contributed by atoms with E-state index in [2.05, 4.69) is 10.3 Å². The summed E-state index contributed by atoms with van der Waals surface area (Å²) in [6, 6.07) is 12.5. The number of nitrogens with one attached hydrogen (secondary N) is 3. The van der Waals surface area contributed by atoms with Gasteiger partial charge in [0, 0.05) is 11.1 Å². The largest absolute Gasteiger partial charge is 0.496 e. The molecule has 1 amide bonds. The number of aromatic amines is 1. The lowest BCUT2D eigenvalue weighted by Crippen LogP contribution is -3.06. The van der Waals surface area contributed by atoms with E-state index in [0.717, 1.165) is 12.1 Å². The van der Waals surface area contributed by atoms with Crippen LogP contribution in [-0.4, -0.2) is 49.8 Å². The van der Waals surface area contributed by atoms with E-state index in [1.54, 1.807) is 25.3 Å². The van der Waals surface area contributed by atoms with Crippen molar-refractivity contribution in [2.24, 2.45) is 0 Å². The Morgan fingerprint density at radius 2 is 2.00 bits per heavy atom. The summed E-state index contributed by atoms with van der Waals surface area (Å²) >= 11 is 5.42. The van der Waals surface area contributed by atoms with Gasteiger partial charge in [0.1, 0.15) is 5.75 Å². The molecule has 0 saturated heterocycles. The van der Waals surface area contributed by atoms with E-state index in [4.69, 9.17) is 17.0 Å². The summed E-state index contributed by atoms with van der Waals surface area (Å²) in [4.78, 5) is 29.7. The Labute approximate surface area is 173 Å². The monoisotopic (exact) mass is 413 g/mol. The van der Waals surface area contributed by atoms with Crippen molar-refractivity contribution >= 4 is 29.0 Å². The molecule has 0 saturated carbocycles. The second kappa shape index (κ2) is 9.02. The maximum Gasteiger partial charge on any atom is 0.262 e. The van der Waals surface area contributed by atoms with E-state index < -0.39 is 0 Å². The number of carbonyl (C=O) groups excluding carboxylic acids is 1. The van der Waals surface area contributed by atoms with E-state index in [-0.39, 0.29) is 11.5 Å². The lowest BCUT2D eigenvalue weighted by Gasteiger charge is -2.12. The Hall–Kier alpha value is -2.97. The predicted octanol–water partition coefficient (Wildman–Crippen LogP) is 0.990. The molecule has 0 aliphatic carbocycles. The molecule has 0 fully saturated rings. The number of H-pyrrole nitrogens is 1. The van der Waals surface area contributed by atoms with Crippen LogP contribution in [0.2, 0.25) is 0 Å². The molecule has 1 aromatic heterocycles. The average molecular weight is 414 g/mol. The van der Waals surface area contributed by atoms with Gasteiger partial charge in [0.05, 0.1) is 51.7 Å². The van der Waals surface area contributed by atoms with Gasteiger partial charge in [-0.1, -0.05) is 18.2 Å². The van der Waals surface area contributed by atoms with Crippen LogP contribution < -0.4 is 20.5 Å². The fraction of sp³-hybridized carbons (Fsp3) is 0.286. The van der Waals surface area contributed by atoms with Gasteiger partial charge < -0.3 is 19.9 Å². The summed E-state index contributed by atoms with van der Waals surface area (Å²) in [7, 11) is 5.64. The minimum absolute atomic E-state index is 0.175. The van der Waals surface area contributed by atoms with Crippen LogP contribution in [-0.2, 0) is 6.54 Å². The molecule has 2 aromatic carbocycles. The average Bonchev–Trinajstić information content (AvgIpc) is 2.70. The molecule has 3 N–H and O–H groups in total. The van der Waals surface area contributed by atoms with E-state index in [0.29, 0.717) is 40.1 Å². The number of hydrogen-bond donors (Lipinski definition) is 3. The fourth-order valence-corrected chi connectivity index (χ4v) is 3.33. The zero-order valence-electron chi connectivity index (χ0n) is 16.7. The van der Waals surface area contributed by atoms with Gasteiger partial charge in [-0.3, -0.25) is 14.2 Å². The number of amides is 1. The summed E-state index contributed by atoms with van der Waals surface area (Å²) < 4.78 is 7.16. The van der Waals surface area contributed by atoms with Gasteiger partial charge in [0.15, 0.2) is 4.77 Å². The highest BCUT2D eigenvalue weighted by molar-refractivity contribution is 7.71. The third-order valence-electron chi connectivity index (χ3n) is 4.68. The Morgan fingerprint density at radius 3 is 2.72 bits per heavy atom. The molecular weight excluding hydrogens is 388 g/mol. The molecule has 0 aliphatic heterocycles. The maximum absolute atomic E-state index is 13.0. The molecule has 0 aliphatic rings.